The summed E-state index contributed by atoms with van der Waals surface area (Å²) >= 11 is 0. The second-order valence-electron chi connectivity index (χ2n) is 4.39. The Hall–Kier alpha value is -2.63. The first-order valence-electron chi connectivity index (χ1n) is 6.05. The van der Waals surface area contributed by atoms with Crippen molar-refractivity contribution in [1.29, 1.82) is 0 Å². The molecule has 0 aliphatic carbocycles. The molecule has 0 saturated carbocycles. The second kappa shape index (κ2) is 5.56. The number of hydrogen-bond donors (Lipinski definition) is 0. The maximum atomic E-state index is 11.3. The summed E-state index contributed by atoms with van der Waals surface area (Å²) in [7, 11) is 0. The summed E-state index contributed by atoms with van der Waals surface area (Å²) in [4.78, 5) is 21.8. The molecule has 0 N–H and O–H groups in total. The number of nitro benzene ring substituents is 1. The van der Waals surface area contributed by atoms with Gasteiger partial charge in [0, 0.05) is 17.8 Å². The molecule has 0 aliphatic heterocycles. The average Bonchev–Trinajstić information content (AvgIpc) is 2.81. The Labute approximate surface area is 115 Å². The van der Waals surface area contributed by atoms with Crippen LogP contribution in [0, 0.1) is 10.1 Å². The van der Waals surface area contributed by atoms with Crippen molar-refractivity contribution in [3.8, 4) is 0 Å². The van der Waals surface area contributed by atoms with E-state index in [-0.39, 0.29) is 12.3 Å². The Morgan fingerprint density at radius 1 is 1.45 bits per heavy atom. The molecule has 0 atom stereocenters. The van der Waals surface area contributed by atoms with Crippen LogP contribution in [0.4, 0.5) is 5.69 Å². The maximum absolute atomic E-state index is 11.3. The van der Waals surface area contributed by atoms with Crippen molar-refractivity contribution in [3.63, 3.8) is 0 Å². The molecule has 0 spiro atoms. The van der Waals surface area contributed by atoms with Crippen LogP contribution < -0.4 is 0 Å². The Balaban J connectivity index is 2.16. The monoisotopic (exact) mass is 274 g/mol. The Bertz CT molecular complexity index is 688. The lowest BCUT2D eigenvalue weighted by molar-refractivity contribution is -0.383. The normalized spacial score (nSPS) is 10.4. The summed E-state index contributed by atoms with van der Waals surface area (Å²) in [5.41, 5.74) is 1.16. The SMILES string of the molecule is C=C(C)C(=O)OCCn1ccc2c([N+](=O)[O-])cccc21. The van der Waals surface area contributed by atoms with Crippen LogP contribution in [-0.2, 0) is 16.1 Å². The molecule has 0 fully saturated rings. The highest BCUT2D eigenvalue weighted by molar-refractivity contribution is 5.89. The van der Waals surface area contributed by atoms with Crippen LogP contribution in [0.1, 0.15) is 6.92 Å². The molecule has 0 amide bonds. The van der Waals surface area contributed by atoms with Gasteiger partial charge in [-0.15, -0.1) is 0 Å². The third-order valence-corrected chi connectivity index (χ3v) is 2.90. The van der Waals surface area contributed by atoms with Gasteiger partial charge in [-0.1, -0.05) is 12.6 Å². The van der Waals surface area contributed by atoms with Crippen molar-refractivity contribution in [3.05, 3.63) is 52.7 Å². The average molecular weight is 274 g/mol. The van der Waals surface area contributed by atoms with Crippen LogP contribution in [0.2, 0.25) is 0 Å². The van der Waals surface area contributed by atoms with Gasteiger partial charge in [0.25, 0.3) is 5.69 Å². The summed E-state index contributed by atoms with van der Waals surface area (Å²) in [5, 5.41) is 11.5. The minimum absolute atomic E-state index is 0.0696. The summed E-state index contributed by atoms with van der Waals surface area (Å²) in [6, 6.07) is 6.58. The van der Waals surface area contributed by atoms with Crippen LogP contribution in [-0.4, -0.2) is 22.1 Å². The quantitative estimate of drug-likeness (QED) is 0.363. The highest BCUT2D eigenvalue weighted by Crippen LogP contribution is 2.26. The fraction of sp³-hybridized carbons (Fsp3) is 0.214. The van der Waals surface area contributed by atoms with Crippen molar-refractivity contribution in [1.82, 2.24) is 4.57 Å². The summed E-state index contributed by atoms with van der Waals surface area (Å²) in [5.74, 6) is -0.438. The summed E-state index contributed by atoms with van der Waals surface area (Å²) in [6.45, 7) is 5.70. The van der Waals surface area contributed by atoms with E-state index in [2.05, 4.69) is 6.58 Å². The lowest BCUT2D eigenvalue weighted by Gasteiger charge is -2.07. The number of esters is 1. The largest absolute Gasteiger partial charge is 0.460 e. The highest BCUT2D eigenvalue weighted by Gasteiger charge is 2.13. The number of nitro groups is 1. The van der Waals surface area contributed by atoms with Crippen LogP contribution in [0.15, 0.2) is 42.6 Å². The summed E-state index contributed by atoms with van der Waals surface area (Å²) < 4.78 is 6.82. The van der Waals surface area contributed by atoms with Crippen LogP contribution in [0.25, 0.3) is 10.9 Å². The standard InChI is InChI=1S/C14H14N2O4/c1-10(2)14(17)20-9-8-15-7-6-11-12(15)4-3-5-13(11)16(18)19/h3-7H,1,8-9H2,2H3. The van der Waals surface area contributed by atoms with Crippen molar-refractivity contribution < 1.29 is 14.5 Å². The van der Waals surface area contributed by atoms with E-state index in [1.54, 1.807) is 31.3 Å². The number of carbonyl (C=O) groups is 1. The van der Waals surface area contributed by atoms with Gasteiger partial charge in [0.2, 0.25) is 0 Å². The topological polar surface area (TPSA) is 74.4 Å². The van der Waals surface area contributed by atoms with E-state index in [0.29, 0.717) is 17.5 Å². The first-order valence-corrected chi connectivity index (χ1v) is 6.05. The summed E-state index contributed by atoms with van der Waals surface area (Å²) in [6.07, 6.45) is 1.74. The lowest BCUT2D eigenvalue weighted by atomic mass is 10.2. The third kappa shape index (κ3) is 2.69. The molecule has 0 aliphatic rings. The van der Waals surface area contributed by atoms with E-state index in [9.17, 15) is 14.9 Å². The molecule has 6 nitrogen and oxygen atoms in total. The fourth-order valence-electron chi connectivity index (χ4n) is 1.92. The Kier molecular flexibility index (Phi) is 3.84. The van der Waals surface area contributed by atoms with Crippen molar-refractivity contribution >= 4 is 22.6 Å². The highest BCUT2D eigenvalue weighted by atomic mass is 16.6. The molecule has 1 aromatic heterocycles. The number of carbonyl (C=O) groups excluding carboxylic acids is 1. The van der Waals surface area contributed by atoms with Gasteiger partial charge < -0.3 is 9.30 Å². The smallest absolute Gasteiger partial charge is 0.333 e. The van der Waals surface area contributed by atoms with Gasteiger partial charge in [0.15, 0.2) is 0 Å². The molecule has 20 heavy (non-hydrogen) atoms. The van der Waals surface area contributed by atoms with E-state index >= 15 is 0 Å². The van der Waals surface area contributed by atoms with Crippen molar-refractivity contribution in [2.75, 3.05) is 6.61 Å². The molecule has 0 unspecified atom stereocenters. The van der Waals surface area contributed by atoms with E-state index in [4.69, 9.17) is 4.74 Å². The number of aromatic nitrogens is 1. The third-order valence-electron chi connectivity index (χ3n) is 2.90. The molecule has 1 heterocycles. The molecule has 6 heteroatoms. The van der Waals surface area contributed by atoms with Gasteiger partial charge >= 0.3 is 5.97 Å². The number of ether oxygens (including phenoxy) is 1. The predicted molar refractivity (Wildman–Crippen MR) is 74.4 cm³/mol. The zero-order valence-electron chi connectivity index (χ0n) is 11.0. The first kappa shape index (κ1) is 13.8. The molecule has 2 aromatic rings. The molecule has 104 valence electrons. The van der Waals surface area contributed by atoms with Gasteiger partial charge in [-0.2, -0.15) is 0 Å². The molecule has 2 rings (SSSR count). The van der Waals surface area contributed by atoms with Crippen LogP contribution >= 0.6 is 0 Å². The van der Waals surface area contributed by atoms with E-state index in [0.717, 1.165) is 5.52 Å². The second-order valence-corrected chi connectivity index (χ2v) is 4.39. The number of benzene rings is 1. The van der Waals surface area contributed by atoms with Gasteiger partial charge in [-0.3, -0.25) is 10.1 Å². The Morgan fingerprint density at radius 2 is 2.20 bits per heavy atom. The van der Waals surface area contributed by atoms with E-state index < -0.39 is 10.9 Å². The van der Waals surface area contributed by atoms with Crippen molar-refractivity contribution in [2.45, 2.75) is 13.5 Å². The Morgan fingerprint density at radius 3 is 2.85 bits per heavy atom. The number of rotatable bonds is 5. The minimum Gasteiger partial charge on any atom is -0.460 e. The maximum Gasteiger partial charge on any atom is 0.333 e. The minimum atomic E-state index is -0.438. The number of hydrogen-bond acceptors (Lipinski definition) is 4. The lowest BCUT2D eigenvalue weighted by Crippen LogP contribution is -2.11. The van der Waals surface area contributed by atoms with Gasteiger partial charge in [-0.05, 0) is 19.1 Å². The van der Waals surface area contributed by atoms with Gasteiger partial charge in [0.05, 0.1) is 22.4 Å². The number of nitrogens with zero attached hydrogens (tertiary/aromatic N) is 2. The first-order chi connectivity index (χ1) is 9.50. The molecule has 0 saturated heterocycles. The van der Waals surface area contributed by atoms with Gasteiger partial charge in [0.1, 0.15) is 6.61 Å². The molecule has 0 radical (unpaired) electrons. The van der Waals surface area contributed by atoms with Crippen LogP contribution in [0.5, 0.6) is 0 Å². The molecule has 0 bridgehead atoms. The zero-order valence-corrected chi connectivity index (χ0v) is 11.0. The van der Waals surface area contributed by atoms with Gasteiger partial charge in [-0.25, -0.2) is 4.79 Å². The van der Waals surface area contributed by atoms with Crippen molar-refractivity contribution in [2.24, 2.45) is 0 Å². The van der Waals surface area contributed by atoms with E-state index in [1.807, 2.05) is 4.57 Å². The molecular weight excluding hydrogens is 260 g/mol. The predicted octanol–water partition coefficient (Wildman–Crippen LogP) is 2.67. The van der Waals surface area contributed by atoms with Crippen LogP contribution in [0.3, 0.4) is 0 Å². The van der Waals surface area contributed by atoms with E-state index in [1.165, 1.54) is 6.07 Å². The molecule has 1 aromatic carbocycles. The number of non-ortho nitro benzene ring substituents is 1. The molecular formula is C14H14N2O4. The zero-order chi connectivity index (χ0) is 14.7. The fourth-order valence-corrected chi connectivity index (χ4v) is 1.92. The number of fused-ring (bicyclic) bond motifs is 1.